The highest BCUT2D eigenvalue weighted by Crippen LogP contribution is 2.32. The lowest BCUT2D eigenvalue weighted by Crippen LogP contribution is -2.09. The molecular weight excluding hydrogens is 279 g/mol. The van der Waals surface area contributed by atoms with Crippen LogP contribution in [0.2, 0.25) is 0 Å². The van der Waals surface area contributed by atoms with Crippen molar-refractivity contribution in [3.8, 4) is 0 Å². The molecule has 74 valence electrons. The van der Waals surface area contributed by atoms with Gasteiger partial charge in [0.15, 0.2) is 5.65 Å². The van der Waals surface area contributed by atoms with Crippen molar-refractivity contribution in [2.24, 2.45) is 0 Å². The fraction of sp³-hybridized carbons (Fsp3) is 0.143. The predicted molar refractivity (Wildman–Crippen MR) is 50.4 cm³/mol. The predicted octanol–water partition coefficient (Wildman–Crippen LogP) is 2.78. The zero-order valence-corrected chi connectivity index (χ0v) is 8.93. The number of halogens is 4. The van der Waals surface area contributed by atoms with Crippen molar-refractivity contribution in [2.45, 2.75) is 5.38 Å². The van der Waals surface area contributed by atoms with Crippen molar-refractivity contribution in [1.29, 1.82) is 0 Å². The minimum absolute atomic E-state index is 0.315. The topological polar surface area (TPSA) is 30.2 Å². The van der Waals surface area contributed by atoms with Gasteiger partial charge in [0.2, 0.25) is 5.82 Å². The molecule has 3 nitrogen and oxygen atoms in total. The summed E-state index contributed by atoms with van der Waals surface area (Å²) in [4.78, 5) is 0. The van der Waals surface area contributed by atoms with Crippen LogP contribution in [0.15, 0.2) is 22.8 Å². The van der Waals surface area contributed by atoms with Gasteiger partial charge in [0.05, 0.1) is 4.60 Å². The molecule has 0 saturated carbocycles. The van der Waals surface area contributed by atoms with E-state index in [-0.39, 0.29) is 0 Å². The van der Waals surface area contributed by atoms with Gasteiger partial charge < -0.3 is 0 Å². The number of hydrogen-bond acceptors (Lipinski definition) is 2. The van der Waals surface area contributed by atoms with Gasteiger partial charge in [0.1, 0.15) is 0 Å². The second-order valence-corrected chi connectivity index (χ2v) is 3.85. The average Bonchev–Trinajstić information content (AvgIpc) is 2.47. The number of fused-ring (bicyclic) bond motifs is 1. The first-order valence-corrected chi connectivity index (χ1v) is 4.74. The normalized spacial score (nSPS) is 12.3. The van der Waals surface area contributed by atoms with Gasteiger partial charge in [-0.15, -0.1) is 10.2 Å². The summed E-state index contributed by atoms with van der Waals surface area (Å²) in [5.41, 5.74) is 0.315. The van der Waals surface area contributed by atoms with Gasteiger partial charge in [-0.3, -0.25) is 4.40 Å². The average molecular weight is 282 g/mol. The molecule has 0 N–H and O–H groups in total. The van der Waals surface area contributed by atoms with E-state index < -0.39 is 11.2 Å². The van der Waals surface area contributed by atoms with Crippen LogP contribution in [-0.4, -0.2) is 14.6 Å². The van der Waals surface area contributed by atoms with Crippen LogP contribution in [-0.2, 0) is 5.38 Å². The number of alkyl halides is 3. The van der Waals surface area contributed by atoms with Crippen molar-refractivity contribution < 1.29 is 8.78 Å². The van der Waals surface area contributed by atoms with Crippen LogP contribution in [0, 0.1) is 0 Å². The Morgan fingerprint density at radius 3 is 2.71 bits per heavy atom. The first kappa shape index (κ1) is 9.79. The Balaban J connectivity index is 2.80. The Kier molecular flexibility index (Phi) is 2.19. The number of aromatic nitrogens is 3. The third kappa shape index (κ3) is 1.48. The summed E-state index contributed by atoms with van der Waals surface area (Å²) in [5.74, 6) is -0.596. The van der Waals surface area contributed by atoms with Crippen LogP contribution in [0.1, 0.15) is 5.82 Å². The Labute approximate surface area is 90.8 Å². The van der Waals surface area contributed by atoms with E-state index in [4.69, 9.17) is 11.6 Å². The lowest BCUT2D eigenvalue weighted by Gasteiger charge is -2.06. The summed E-state index contributed by atoms with van der Waals surface area (Å²) in [6.45, 7) is 0. The van der Waals surface area contributed by atoms with E-state index in [1.807, 2.05) is 0 Å². The molecule has 7 heteroatoms. The van der Waals surface area contributed by atoms with Crippen LogP contribution in [0.25, 0.3) is 5.65 Å². The SMILES string of the molecule is FC(F)(Cl)c1nnc2cccc(Br)n12. The number of pyridine rings is 1. The standard InChI is InChI=1S/C7H3BrClF2N3/c8-4-2-1-3-5-12-13-6(14(4)5)7(9,10)11/h1-3H. The van der Waals surface area contributed by atoms with E-state index in [2.05, 4.69) is 26.1 Å². The molecule has 0 spiro atoms. The van der Waals surface area contributed by atoms with Gasteiger partial charge in [-0.05, 0) is 39.7 Å². The number of rotatable bonds is 1. The van der Waals surface area contributed by atoms with E-state index in [9.17, 15) is 8.78 Å². The number of nitrogens with zero attached hydrogens (tertiary/aromatic N) is 3. The quantitative estimate of drug-likeness (QED) is 0.595. The molecule has 0 aliphatic heterocycles. The summed E-state index contributed by atoms with van der Waals surface area (Å²) in [6.07, 6.45) is 0. The second kappa shape index (κ2) is 3.13. The van der Waals surface area contributed by atoms with Gasteiger partial charge in [-0.1, -0.05) is 6.07 Å². The zero-order chi connectivity index (χ0) is 10.3. The molecule has 0 amide bonds. The summed E-state index contributed by atoms with van der Waals surface area (Å²) in [5, 5.41) is 3.37. The van der Waals surface area contributed by atoms with Crippen molar-refractivity contribution in [1.82, 2.24) is 14.6 Å². The van der Waals surface area contributed by atoms with E-state index in [1.165, 1.54) is 0 Å². The monoisotopic (exact) mass is 281 g/mol. The molecular formula is C7H3BrClF2N3. The van der Waals surface area contributed by atoms with Crippen LogP contribution in [0.4, 0.5) is 8.78 Å². The first-order valence-electron chi connectivity index (χ1n) is 3.57. The number of hydrogen-bond donors (Lipinski definition) is 0. The van der Waals surface area contributed by atoms with Crippen LogP contribution in [0.3, 0.4) is 0 Å². The Morgan fingerprint density at radius 1 is 1.36 bits per heavy atom. The Morgan fingerprint density at radius 2 is 2.07 bits per heavy atom. The van der Waals surface area contributed by atoms with Crippen LogP contribution < -0.4 is 0 Å². The van der Waals surface area contributed by atoms with Crippen molar-refractivity contribution in [2.75, 3.05) is 0 Å². The highest BCUT2D eigenvalue weighted by molar-refractivity contribution is 9.10. The van der Waals surface area contributed by atoms with Gasteiger partial charge in [-0.25, -0.2) is 0 Å². The van der Waals surface area contributed by atoms with Crippen molar-refractivity contribution in [3.05, 3.63) is 28.6 Å². The maximum atomic E-state index is 12.8. The molecule has 0 fully saturated rings. The lowest BCUT2D eigenvalue weighted by atomic mass is 10.4. The van der Waals surface area contributed by atoms with Crippen LogP contribution in [0.5, 0.6) is 0 Å². The minimum Gasteiger partial charge on any atom is -0.267 e. The van der Waals surface area contributed by atoms with Crippen molar-refractivity contribution >= 4 is 33.2 Å². The molecule has 14 heavy (non-hydrogen) atoms. The Hall–Kier alpha value is -0.750. The molecule has 2 heterocycles. The summed E-state index contributed by atoms with van der Waals surface area (Å²) < 4.78 is 27.2. The molecule has 0 aromatic carbocycles. The Bertz CT molecular complexity index is 479. The van der Waals surface area contributed by atoms with Gasteiger partial charge >= 0.3 is 5.38 Å². The maximum Gasteiger partial charge on any atom is 0.382 e. The van der Waals surface area contributed by atoms with E-state index in [0.29, 0.717) is 10.3 Å². The fourth-order valence-electron chi connectivity index (χ4n) is 1.09. The lowest BCUT2D eigenvalue weighted by molar-refractivity contribution is 0.0830. The second-order valence-electron chi connectivity index (χ2n) is 2.56. The molecule has 0 bridgehead atoms. The molecule has 0 unspecified atom stereocenters. The molecule has 2 aromatic heterocycles. The zero-order valence-electron chi connectivity index (χ0n) is 6.59. The van der Waals surface area contributed by atoms with Crippen molar-refractivity contribution in [3.63, 3.8) is 0 Å². The van der Waals surface area contributed by atoms with Gasteiger partial charge in [-0.2, -0.15) is 8.78 Å². The molecule has 0 aliphatic carbocycles. The molecule has 2 aromatic rings. The summed E-state index contributed by atoms with van der Waals surface area (Å²) in [7, 11) is 0. The van der Waals surface area contributed by atoms with E-state index >= 15 is 0 Å². The maximum absolute atomic E-state index is 12.8. The van der Waals surface area contributed by atoms with E-state index in [0.717, 1.165) is 4.40 Å². The minimum atomic E-state index is -3.52. The third-order valence-electron chi connectivity index (χ3n) is 1.63. The molecule has 0 aliphatic rings. The molecule has 0 atom stereocenters. The smallest absolute Gasteiger partial charge is 0.267 e. The largest absolute Gasteiger partial charge is 0.382 e. The van der Waals surface area contributed by atoms with Crippen LogP contribution >= 0.6 is 27.5 Å². The summed E-state index contributed by atoms with van der Waals surface area (Å²) >= 11 is 7.98. The summed E-state index contributed by atoms with van der Waals surface area (Å²) in [6, 6.07) is 4.83. The molecule has 0 radical (unpaired) electrons. The van der Waals surface area contributed by atoms with E-state index in [1.54, 1.807) is 18.2 Å². The highest BCUT2D eigenvalue weighted by atomic mass is 79.9. The van der Waals surface area contributed by atoms with Gasteiger partial charge in [0.25, 0.3) is 0 Å². The first-order chi connectivity index (χ1) is 6.50. The highest BCUT2D eigenvalue weighted by Gasteiger charge is 2.34. The third-order valence-corrected chi connectivity index (χ3v) is 2.42. The molecule has 0 saturated heterocycles. The fourth-order valence-corrected chi connectivity index (χ4v) is 1.71. The molecule has 2 rings (SSSR count). The van der Waals surface area contributed by atoms with Gasteiger partial charge in [0, 0.05) is 0 Å².